The van der Waals surface area contributed by atoms with E-state index in [1.54, 1.807) is 0 Å². The van der Waals surface area contributed by atoms with Gasteiger partial charge >= 0.3 is 17.9 Å². The maximum Gasteiger partial charge on any atom is 0.306 e. The molecule has 0 bridgehead atoms. The Bertz CT molecular complexity index is 1750. The van der Waals surface area contributed by atoms with E-state index >= 15 is 0 Å². The molecule has 0 saturated carbocycles. The summed E-state index contributed by atoms with van der Waals surface area (Å²) in [4.78, 5) is 38.3. The molecule has 0 N–H and O–H groups in total. The summed E-state index contributed by atoms with van der Waals surface area (Å²) in [6.45, 7) is 6.32. The summed E-state index contributed by atoms with van der Waals surface area (Å²) < 4.78 is 16.9. The zero-order chi connectivity index (χ0) is 57.8. The number of allylic oxidation sites excluding steroid dienone is 24. The Labute approximate surface area is 493 Å². The van der Waals surface area contributed by atoms with Crippen molar-refractivity contribution in [2.75, 3.05) is 13.2 Å². The van der Waals surface area contributed by atoms with Gasteiger partial charge in [-0.15, -0.1) is 0 Å². The molecule has 0 rings (SSSR count). The van der Waals surface area contributed by atoms with Gasteiger partial charge < -0.3 is 14.2 Å². The molecule has 0 aromatic carbocycles. The Morgan fingerprint density at radius 2 is 0.487 bits per heavy atom. The van der Waals surface area contributed by atoms with Crippen molar-refractivity contribution in [1.29, 1.82) is 0 Å². The smallest absolute Gasteiger partial charge is 0.306 e. The van der Waals surface area contributed by atoms with E-state index < -0.39 is 6.10 Å². The first-order chi connectivity index (χ1) is 39.5. The second kappa shape index (κ2) is 66.8. The van der Waals surface area contributed by atoms with E-state index in [0.29, 0.717) is 12.8 Å². The van der Waals surface area contributed by atoms with Crippen LogP contribution in [-0.4, -0.2) is 37.2 Å². The molecule has 80 heavy (non-hydrogen) atoms. The van der Waals surface area contributed by atoms with E-state index in [9.17, 15) is 14.4 Å². The van der Waals surface area contributed by atoms with Crippen LogP contribution in [0, 0.1) is 0 Å². The molecule has 0 aliphatic heterocycles. The fraction of sp³-hybridized carbons (Fsp3) is 0.635. The Morgan fingerprint density at radius 1 is 0.263 bits per heavy atom. The van der Waals surface area contributed by atoms with Crippen LogP contribution in [0.4, 0.5) is 0 Å². The van der Waals surface area contributed by atoms with E-state index in [0.717, 1.165) is 154 Å². The summed E-state index contributed by atoms with van der Waals surface area (Å²) in [5.41, 5.74) is 0. The Morgan fingerprint density at radius 3 is 0.787 bits per heavy atom. The molecule has 452 valence electrons. The zero-order valence-electron chi connectivity index (χ0n) is 51.8. The van der Waals surface area contributed by atoms with E-state index in [1.165, 1.54) is 89.9 Å². The van der Waals surface area contributed by atoms with Crippen molar-refractivity contribution >= 4 is 17.9 Å². The predicted octanol–water partition coefficient (Wildman–Crippen LogP) is 22.7. The van der Waals surface area contributed by atoms with Crippen LogP contribution in [0.1, 0.15) is 284 Å². The lowest BCUT2D eigenvalue weighted by Gasteiger charge is -2.18. The quantitative estimate of drug-likeness (QED) is 0.0261. The highest BCUT2D eigenvalue weighted by molar-refractivity contribution is 5.71. The monoisotopic (exact) mass is 1100 g/mol. The van der Waals surface area contributed by atoms with Gasteiger partial charge in [-0.3, -0.25) is 14.4 Å². The number of unbranched alkanes of at least 4 members (excludes halogenated alkanes) is 23. The van der Waals surface area contributed by atoms with Gasteiger partial charge in [0, 0.05) is 19.3 Å². The molecule has 6 nitrogen and oxygen atoms in total. The molecule has 0 fully saturated rings. The maximum atomic E-state index is 12.9. The molecule has 1 atom stereocenters. The minimum atomic E-state index is -0.805. The summed E-state index contributed by atoms with van der Waals surface area (Å²) in [7, 11) is 0. The standard InChI is InChI=1S/C74H120O6/c1-4-7-10-13-16-19-22-24-26-28-30-32-34-36-37-39-40-42-44-46-48-50-52-55-58-61-64-67-73(76)79-70-71(69-78-72(75)66-63-60-57-54-21-18-15-12-9-6-3)80-74(77)68-65-62-59-56-53-51-49-47-45-43-41-38-35-33-31-29-27-25-23-20-17-14-11-8-5-2/h7-8,10-12,15-17,19-20,24-27,30-33,38,41,45,47,51,53,71H,4-6,9,13-14,18,21-23,28-29,34-37,39-40,42-44,46,48-50,52,54-70H2,1-3H3/b10-7-,11-8-,15-12-,19-16-,20-17-,26-24-,27-25-,32-30-,33-31-,41-38-,47-45-,53-51-. The van der Waals surface area contributed by atoms with Crippen LogP contribution >= 0.6 is 0 Å². The number of carbonyl (C=O) groups excluding carboxylic acids is 3. The number of esters is 3. The van der Waals surface area contributed by atoms with Gasteiger partial charge in [-0.05, 0) is 135 Å². The van der Waals surface area contributed by atoms with Gasteiger partial charge in [0.2, 0.25) is 0 Å². The third-order valence-electron chi connectivity index (χ3n) is 13.5. The number of hydrogen-bond donors (Lipinski definition) is 0. The Hall–Kier alpha value is -4.71. The highest BCUT2D eigenvalue weighted by Gasteiger charge is 2.19. The molecule has 0 amide bonds. The summed E-state index contributed by atoms with van der Waals surface area (Å²) in [5.74, 6) is -0.943. The number of rotatable bonds is 58. The lowest BCUT2D eigenvalue weighted by atomic mass is 10.0. The van der Waals surface area contributed by atoms with Crippen LogP contribution in [0.25, 0.3) is 0 Å². The van der Waals surface area contributed by atoms with Gasteiger partial charge in [0.25, 0.3) is 0 Å². The van der Waals surface area contributed by atoms with Crippen LogP contribution in [0.3, 0.4) is 0 Å². The number of carbonyl (C=O) groups is 3. The molecular weight excluding hydrogens is 985 g/mol. The number of hydrogen-bond acceptors (Lipinski definition) is 6. The second-order valence-electron chi connectivity index (χ2n) is 21.3. The normalized spacial score (nSPS) is 13.1. The Balaban J connectivity index is 4.31. The minimum absolute atomic E-state index is 0.0984. The van der Waals surface area contributed by atoms with Crippen molar-refractivity contribution in [3.05, 3.63) is 146 Å². The summed E-state index contributed by atoms with van der Waals surface area (Å²) in [6, 6.07) is 0. The van der Waals surface area contributed by atoms with Gasteiger partial charge in [0.1, 0.15) is 13.2 Å². The third kappa shape index (κ3) is 64.1. The first kappa shape index (κ1) is 75.3. The summed E-state index contributed by atoms with van der Waals surface area (Å²) in [6.07, 6.45) is 95.8. The SMILES string of the molecule is CC/C=C\C/C=C\C/C=C\C/C=C\C/C=C\C/C=C\C/C=C\CCCCCC(=O)OC(COC(=O)CCCCCCC/C=C\CCC)COC(=O)CCCCCCCCCCCCCCCC/C=C\C/C=C\C/C=C\C/C=C\CC. The van der Waals surface area contributed by atoms with Crippen LogP contribution in [-0.2, 0) is 28.6 Å². The van der Waals surface area contributed by atoms with Crippen molar-refractivity contribution in [1.82, 2.24) is 0 Å². The molecule has 0 saturated heterocycles. The van der Waals surface area contributed by atoms with E-state index in [2.05, 4.69) is 167 Å². The topological polar surface area (TPSA) is 78.9 Å². The summed E-state index contributed by atoms with van der Waals surface area (Å²) >= 11 is 0. The van der Waals surface area contributed by atoms with Crippen molar-refractivity contribution in [3.63, 3.8) is 0 Å². The average Bonchev–Trinajstić information content (AvgIpc) is 3.46. The van der Waals surface area contributed by atoms with E-state index in [1.807, 2.05) is 0 Å². The summed E-state index contributed by atoms with van der Waals surface area (Å²) in [5, 5.41) is 0. The largest absolute Gasteiger partial charge is 0.462 e. The average molecular weight is 1110 g/mol. The highest BCUT2D eigenvalue weighted by Crippen LogP contribution is 2.16. The fourth-order valence-electron chi connectivity index (χ4n) is 8.71. The minimum Gasteiger partial charge on any atom is -0.462 e. The zero-order valence-corrected chi connectivity index (χ0v) is 51.8. The molecular formula is C74H120O6. The first-order valence-electron chi connectivity index (χ1n) is 32.8. The molecule has 0 aliphatic carbocycles. The molecule has 0 spiro atoms. The predicted molar refractivity (Wildman–Crippen MR) is 348 cm³/mol. The number of ether oxygens (including phenoxy) is 3. The molecule has 0 aromatic heterocycles. The van der Waals surface area contributed by atoms with Crippen LogP contribution in [0.15, 0.2) is 146 Å². The molecule has 6 heteroatoms. The second-order valence-corrected chi connectivity index (χ2v) is 21.3. The fourth-order valence-corrected chi connectivity index (χ4v) is 8.71. The van der Waals surface area contributed by atoms with Crippen LogP contribution in [0.5, 0.6) is 0 Å². The van der Waals surface area contributed by atoms with Crippen molar-refractivity contribution < 1.29 is 28.6 Å². The molecule has 0 aromatic rings. The van der Waals surface area contributed by atoms with Crippen molar-refractivity contribution in [3.8, 4) is 0 Å². The molecule has 1 unspecified atom stereocenters. The van der Waals surface area contributed by atoms with Crippen molar-refractivity contribution in [2.24, 2.45) is 0 Å². The van der Waals surface area contributed by atoms with Gasteiger partial charge in [-0.25, -0.2) is 0 Å². The van der Waals surface area contributed by atoms with E-state index in [-0.39, 0.29) is 37.5 Å². The van der Waals surface area contributed by atoms with Gasteiger partial charge in [-0.1, -0.05) is 276 Å². The van der Waals surface area contributed by atoms with Crippen LogP contribution in [0.2, 0.25) is 0 Å². The molecule has 0 radical (unpaired) electrons. The lowest BCUT2D eigenvalue weighted by molar-refractivity contribution is -0.167. The highest BCUT2D eigenvalue weighted by atomic mass is 16.6. The van der Waals surface area contributed by atoms with Gasteiger partial charge in [0.15, 0.2) is 6.10 Å². The maximum absolute atomic E-state index is 12.9. The first-order valence-corrected chi connectivity index (χ1v) is 32.8. The third-order valence-corrected chi connectivity index (χ3v) is 13.5. The lowest BCUT2D eigenvalue weighted by Crippen LogP contribution is -2.30. The van der Waals surface area contributed by atoms with Crippen molar-refractivity contribution in [2.45, 2.75) is 290 Å². The molecule has 0 heterocycles. The van der Waals surface area contributed by atoms with Crippen LogP contribution < -0.4 is 0 Å². The van der Waals surface area contributed by atoms with Gasteiger partial charge in [0.05, 0.1) is 0 Å². The van der Waals surface area contributed by atoms with E-state index in [4.69, 9.17) is 14.2 Å². The molecule has 0 aliphatic rings. The Kier molecular flexibility index (Phi) is 62.9. The van der Waals surface area contributed by atoms with Gasteiger partial charge in [-0.2, -0.15) is 0 Å².